The Hall–Kier alpha value is -1.25. The quantitative estimate of drug-likeness (QED) is 0.769. The van der Waals surface area contributed by atoms with E-state index in [1.54, 1.807) is 6.07 Å². The second kappa shape index (κ2) is 4.32. The number of anilines is 2. The van der Waals surface area contributed by atoms with Crippen LogP contribution in [-0.4, -0.2) is 6.54 Å². The van der Waals surface area contributed by atoms with Crippen LogP contribution in [0.3, 0.4) is 0 Å². The van der Waals surface area contributed by atoms with Crippen LogP contribution in [0, 0.1) is 11.2 Å². The molecule has 3 N–H and O–H groups in total. The molecule has 2 nitrogen and oxygen atoms in total. The van der Waals surface area contributed by atoms with Gasteiger partial charge in [-0.1, -0.05) is 19.8 Å². The predicted octanol–water partition coefficient (Wildman–Crippen LogP) is 3.40. The lowest BCUT2D eigenvalue weighted by atomic mass is 9.89. The molecule has 1 aliphatic carbocycles. The molecule has 1 saturated carbocycles. The van der Waals surface area contributed by atoms with Gasteiger partial charge in [0, 0.05) is 17.9 Å². The van der Waals surface area contributed by atoms with Gasteiger partial charge in [-0.25, -0.2) is 4.39 Å². The molecular weight excluding hydrogens is 203 g/mol. The monoisotopic (exact) mass is 222 g/mol. The Bertz CT molecular complexity index is 350. The lowest BCUT2D eigenvalue weighted by Crippen LogP contribution is -2.23. The van der Waals surface area contributed by atoms with Crippen LogP contribution in [0.2, 0.25) is 0 Å². The van der Waals surface area contributed by atoms with Crippen LogP contribution in [0.15, 0.2) is 18.2 Å². The third kappa shape index (κ3) is 2.65. The molecule has 0 saturated heterocycles. The van der Waals surface area contributed by atoms with Crippen molar-refractivity contribution in [2.75, 3.05) is 17.6 Å². The van der Waals surface area contributed by atoms with Crippen molar-refractivity contribution in [2.45, 2.75) is 32.6 Å². The number of nitrogens with one attached hydrogen (secondary N) is 1. The van der Waals surface area contributed by atoms with Gasteiger partial charge in [-0.15, -0.1) is 0 Å². The normalized spacial score (nSPS) is 18.6. The van der Waals surface area contributed by atoms with Crippen LogP contribution >= 0.6 is 0 Å². The zero-order valence-corrected chi connectivity index (χ0v) is 9.72. The van der Waals surface area contributed by atoms with E-state index in [9.17, 15) is 4.39 Å². The summed E-state index contributed by atoms with van der Waals surface area (Å²) in [5.41, 5.74) is 7.21. The highest BCUT2D eigenvalue weighted by Gasteiger charge is 2.28. The third-order valence-corrected chi connectivity index (χ3v) is 3.45. The minimum absolute atomic E-state index is 0.279. The van der Waals surface area contributed by atoms with E-state index < -0.39 is 0 Å². The van der Waals surface area contributed by atoms with Gasteiger partial charge < -0.3 is 11.1 Å². The number of hydrogen-bond acceptors (Lipinski definition) is 2. The Kier molecular flexibility index (Phi) is 3.03. The molecule has 2 rings (SSSR count). The molecular formula is C13H19FN2. The molecule has 1 aromatic rings. The van der Waals surface area contributed by atoms with Gasteiger partial charge in [-0.05, 0) is 36.5 Å². The molecule has 0 heterocycles. The summed E-state index contributed by atoms with van der Waals surface area (Å²) >= 11 is 0. The Morgan fingerprint density at radius 3 is 2.62 bits per heavy atom. The van der Waals surface area contributed by atoms with Gasteiger partial charge in [-0.2, -0.15) is 0 Å². The van der Waals surface area contributed by atoms with Crippen molar-refractivity contribution < 1.29 is 4.39 Å². The van der Waals surface area contributed by atoms with Crippen LogP contribution in [0.1, 0.15) is 32.6 Å². The van der Waals surface area contributed by atoms with Gasteiger partial charge in [-0.3, -0.25) is 0 Å². The maximum absolute atomic E-state index is 13.1. The first-order valence-electron chi connectivity index (χ1n) is 5.87. The summed E-state index contributed by atoms with van der Waals surface area (Å²) in [6.45, 7) is 3.19. The van der Waals surface area contributed by atoms with Crippen molar-refractivity contribution in [1.29, 1.82) is 0 Å². The van der Waals surface area contributed by atoms with E-state index in [2.05, 4.69) is 12.2 Å². The van der Waals surface area contributed by atoms with Crippen molar-refractivity contribution in [3.8, 4) is 0 Å². The maximum atomic E-state index is 13.1. The molecule has 16 heavy (non-hydrogen) atoms. The number of halogens is 1. The molecule has 0 amide bonds. The average Bonchev–Trinajstić information content (AvgIpc) is 2.62. The van der Waals surface area contributed by atoms with E-state index in [4.69, 9.17) is 5.73 Å². The minimum Gasteiger partial charge on any atom is -0.399 e. The highest BCUT2D eigenvalue weighted by atomic mass is 19.1. The summed E-state index contributed by atoms with van der Waals surface area (Å²) in [5, 5.41) is 3.29. The number of hydrogen-bond donors (Lipinski definition) is 2. The standard InChI is InChI=1S/C13H19FN2/c1-13(4-2-3-5-13)9-16-12-7-10(14)6-11(15)8-12/h6-8,16H,2-5,9,15H2,1H3. The second-order valence-electron chi connectivity index (χ2n) is 5.14. The molecule has 3 heteroatoms. The van der Waals surface area contributed by atoms with E-state index in [-0.39, 0.29) is 5.82 Å². The average molecular weight is 222 g/mol. The highest BCUT2D eigenvalue weighted by Crippen LogP contribution is 2.37. The molecule has 0 atom stereocenters. The van der Waals surface area contributed by atoms with E-state index >= 15 is 0 Å². The predicted molar refractivity (Wildman–Crippen MR) is 65.9 cm³/mol. The molecule has 0 radical (unpaired) electrons. The first-order valence-corrected chi connectivity index (χ1v) is 5.87. The van der Waals surface area contributed by atoms with Gasteiger partial charge in [0.15, 0.2) is 0 Å². The summed E-state index contributed by atoms with van der Waals surface area (Å²) < 4.78 is 13.1. The zero-order valence-electron chi connectivity index (χ0n) is 9.72. The van der Waals surface area contributed by atoms with Gasteiger partial charge in [0.05, 0.1) is 0 Å². The van der Waals surface area contributed by atoms with Crippen molar-refractivity contribution in [2.24, 2.45) is 5.41 Å². The largest absolute Gasteiger partial charge is 0.399 e. The van der Waals surface area contributed by atoms with Gasteiger partial charge >= 0.3 is 0 Å². The summed E-state index contributed by atoms with van der Waals surface area (Å²) in [6, 6.07) is 4.61. The topological polar surface area (TPSA) is 38.0 Å². The Balaban J connectivity index is 1.98. The summed E-state index contributed by atoms with van der Waals surface area (Å²) in [7, 11) is 0. The third-order valence-electron chi connectivity index (χ3n) is 3.45. The Morgan fingerprint density at radius 2 is 2.00 bits per heavy atom. The molecule has 0 aliphatic heterocycles. The van der Waals surface area contributed by atoms with Crippen LogP contribution in [0.5, 0.6) is 0 Å². The Morgan fingerprint density at radius 1 is 1.31 bits per heavy atom. The summed E-state index contributed by atoms with van der Waals surface area (Å²) in [5.74, 6) is -0.279. The van der Waals surface area contributed by atoms with Crippen molar-refractivity contribution in [1.82, 2.24) is 0 Å². The van der Waals surface area contributed by atoms with Gasteiger partial charge in [0.25, 0.3) is 0 Å². The maximum Gasteiger partial charge on any atom is 0.127 e. The molecule has 0 spiro atoms. The number of benzene rings is 1. The molecule has 0 aromatic heterocycles. The Labute approximate surface area is 96.0 Å². The second-order valence-corrected chi connectivity index (χ2v) is 5.14. The fourth-order valence-corrected chi connectivity index (χ4v) is 2.44. The van der Waals surface area contributed by atoms with Gasteiger partial charge in [0.2, 0.25) is 0 Å². The van der Waals surface area contributed by atoms with Crippen molar-refractivity contribution >= 4 is 11.4 Å². The van der Waals surface area contributed by atoms with E-state index in [0.717, 1.165) is 12.2 Å². The van der Waals surface area contributed by atoms with E-state index in [1.807, 2.05) is 0 Å². The number of nitrogens with two attached hydrogens (primary N) is 1. The van der Waals surface area contributed by atoms with Crippen molar-refractivity contribution in [3.63, 3.8) is 0 Å². The molecule has 1 aromatic carbocycles. The van der Waals surface area contributed by atoms with E-state index in [1.165, 1.54) is 37.8 Å². The summed E-state index contributed by atoms with van der Waals surface area (Å²) in [4.78, 5) is 0. The highest BCUT2D eigenvalue weighted by molar-refractivity contribution is 5.54. The fourth-order valence-electron chi connectivity index (χ4n) is 2.44. The van der Waals surface area contributed by atoms with Crippen LogP contribution in [-0.2, 0) is 0 Å². The lowest BCUT2D eigenvalue weighted by Gasteiger charge is -2.24. The van der Waals surface area contributed by atoms with Crippen LogP contribution in [0.25, 0.3) is 0 Å². The van der Waals surface area contributed by atoms with Crippen LogP contribution in [0.4, 0.5) is 15.8 Å². The van der Waals surface area contributed by atoms with Gasteiger partial charge in [0.1, 0.15) is 5.82 Å². The smallest absolute Gasteiger partial charge is 0.127 e. The summed E-state index contributed by atoms with van der Waals surface area (Å²) in [6.07, 6.45) is 5.13. The van der Waals surface area contributed by atoms with Crippen molar-refractivity contribution in [3.05, 3.63) is 24.0 Å². The fraction of sp³-hybridized carbons (Fsp3) is 0.538. The SMILES string of the molecule is CC1(CNc2cc(N)cc(F)c2)CCCC1. The molecule has 0 unspecified atom stereocenters. The molecule has 1 fully saturated rings. The van der Waals surface area contributed by atoms with E-state index in [0.29, 0.717) is 11.1 Å². The number of nitrogen functional groups attached to an aromatic ring is 1. The van der Waals surface area contributed by atoms with Crippen LogP contribution < -0.4 is 11.1 Å². The zero-order chi connectivity index (χ0) is 11.6. The first-order chi connectivity index (χ1) is 7.57. The molecule has 1 aliphatic rings. The molecule has 88 valence electrons. The first kappa shape index (κ1) is 11.2. The minimum atomic E-state index is -0.279. The number of rotatable bonds is 3. The molecule has 0 bridgehead atoms. The lowest BCUT2D eigenvalue weighted by molar-refractivity contribution is 0.362.